The summed E-state index contributed by atoms with van der Waals surface area (Å²) in [4.78, 5) is 4.08. The number of aliphatic hydroxyl groups is 2. The maximum absolute atomic E-state index is 10.2. The summed E-state index contributed by atoms with van der Waals surface area (Å²) in [6.07, 6.45) is -0.0151. The van der Waals surface area contributed by atoms with Crippen LogP contribution in [0.4, 0.5) is 0 Å². The molecular formula is C25H30N2O5. The summed E-state index contributed by atoms with van der Waals surface area (Å²) < 4.78 is 11.3. The van der Waals surface area contributed by atoms with E-state index in [0.717, 1.165) is 23.3 Å². The second-order valence-electron chi connectivity index (χ2n) is 7.36. The van der Waals surface area contributed by atoms with Crippen molar-refractivity contribution in [3.05, 3.63) is 89.2 Å². The summed E-state index contributed by atoms with van der Waals surface area (Å²) in [5, 5.41) is 32.2. The molecular weight excluding hydrogens is 408 g/mol. The molecule has 0 bridgehead atoms. The quantitative estimate of drug-likeness (QED) is 0.304. The molecule has 7 nitrogen and oxygen atoms in total. The molecule has 2 aromatic carbocycles. The highest BCUT2D eigenvalue weighted by Crippen LogP contribution is 2.18. The van der Waals surface area contributed by atoms with Crippen LogP contribution in [-0.2, 0) is 24.4 Å². The van der Waals surface area contributed by atoms with Gasteiger partial charge in [0.1, 0.15) is 29.9 Å². The van der Waals surface area contributed by atoms with Gasteiger partial charge < -0.3 is 30.1 Å². The van der Waals surface area contributed by atoms with Crippen LogP contribution in [0.2, 0.25) is 0 Å². The third-order valence-corrected chi connectivity index (χ3v) is 4.92. The average molecular weight is 439 g/mol. The van der Waals surface area contributed by atoms with E-state index in [1.807, 2.05) is 54.6 Å². The van der Waals surface area contributed by atoms with Crippen molar-refractivity contribution < 1.29 is 24.8 Å². The fraction of sp³-hybridized carbons (Fsp3) is 0.320. The molecule has 7 heteroatoms. The molecule has 0 aliphatic carbocycles. The molecule has 0 aliphatic heterocycles. The molecule has 3 rings (SSSR count). The van der Waals surface area contributed by atoms with E-state index in [2.05, 4.69) is 10.3 Å². The van der Waals surface area contributed by atoms with Crippen LogP contribution in [0.1, 0.15) is 28.6 Å². The van der Waals surface area contributed by atoms with E-state index in [-0.39, 0.29) is 18.1 Å². The van der Waals surface area contributed by atoms with Gasteiger partial charge in [-0.25, -0.2) is 4.98 Å². The summed E-state index contributed by atoms with van der Waals surface area (Å²) in [6, 6.07) is 20.9. The minimum Gasteiger partial charge on any atom is -0.506 e. The van der Waals surface area contributed by atoms with Gasteiger partial charge >= 0.3 is 0 Å². The number of nitrogens with one attached hydrogen (secondary N) is 1. The van der Waals surface area contributed by atoms with Crippen LogP contribution in [0.15, 0.2) is 66.7 Å². The fourth-order valence-electron chi connectivity index (χ4n) is 3.12. The van der Waals surface area contributed by atoms with Crippen molar-refractivity contribution in [2.24, 2.45) is 0 Å². The van der Waals surface area contributed by atoms with Gasteiger partial charge in [0, 0.05) is 6.54 Å². The first-order valence-electron chi connectivity index (χ1n) is 10.7. The molecule has 4 N–H and O–H groups in total. The van der Waals surface area contributed by atoms with Crippen LogP contribution < -0.4 is 10.1 Å². The Morgan fingerprint density at radius 1 is 0.906 bits per heavy atom. The lowest BCUT2D eigenvalue weighted by atomic mass is 10.1. The van der Waals surface area contributed by atoms with Crippen LogP contribution in [-0.4, -0.2) is 46.6 Å². The molecule has 0 radical (unpaired) electrons. The SMILES string of the molecule is OCc1nc(C(O)CNCCc2ccc(OCCOCc3ccccc3)cc2)ccc1O. The Bertz CT molecular complexity index is 935. The molecule has 0 saturated carbocycles. The van der Waals surface area contributed by atoms with Gasteiger partial charge in [-0.15, -0.1) is 0 Å². The molecule has 0 amide bonds. The van der Waals surface area contributed by atoms with Gasteiger partial charge in [0.15, 0.2) is 0 Å². The van der Waals surface area contributed by atoms with Crippen molar-refractivity contribution in [3.63, 3.8) is 0 Å². The largest absolute Gasteiger partial charge is 0.506 e. The molecule has 0 saturated heterocycles. The van der Waals surface area contributed by atoms with Gasteiger partial charge in [0.05, 0.1) is 25.5 Å². The van der Waals surface area contributed by atoms with E-state index < -0.39 is 6.10 Å². The second-order valence-corrected chi connectivity index (χ2v) is 7.36. The Balaban J connectivity index is 1.30. The van der Waals surface area contributed by atoms with E-state index in [1.165, 1.54) is 6.07 Å². The molecule has 0 spiro atoms. The summed E-state index contributed by atoms with van der Waals surface area (Å²) >= 11 is 0. The van der Waals surface area contributed by atoms with Crippen molar-refractivity contribution in [2.75, 3.05) is 26.3 Å². The van der Waals surface area contributed by atoms with E-state index in [0.29, 0.717) is 38.6 Å². The van der Waals surface area contributed by atoms with Gasteiger partial charge in [0.2, 0.25) is 0 Å². The Hall–Kier alpha value is -2.97. The van der Waals surface area contributed by atoms with E-state index in [4.69, 9.17) is 14.6 Å². The smallest absolute Gasteiger partial charge is 0.139 e. The summed E-state index contributed by atoms with van der Waals surface area (Å²) in [6.45, 7) is 2.24. The van der Waals surface area contributed by atoms with Crippen LogP contribution in [0.25, 0.3) is 0 Å². The standard InChI is InChI=1S/C25H30N2O5/c28-17-23-24(29)11-10-22(27-23)25(30)16-26-13-12-19-6-8-21(9-7-19)32-15-14-31-18-20-4-2-1-3-5-20/h1-11,25-26,28-30H,12-18H2. The number of pyridine rings is 1. The lowest BCUT2D eigenvalue weighted by molar-refractivity contribution is 0.0889. The maximum Gasteiger partial charge on any atom is 0.139 e. The number of nitrogens with zero attached hydrogens (tertiary/aromatic N) is 1. The zero-order chi connectivity index (χ0) is 22.6. The van der Waals surface area contributed by atoms with Gasteiger partial charge in [0.25, 0.3) is 0 Å². The molecule has 0 aliphatic rings. The third kappa shape index (κ3) is 7.62. The molecule has 32 heavy (non-hydrogen) atoms. The van der Waals surface area contributed by atoms with Crippen molar-refractivity contribution in [2.45, 2.75) is 25.7 Å². The van der Waals surface area contributed by atoms with Gasteiger partial charge in [-0.05, 0) is 48.4 Å². The molecule has 1 unspecified atom stereocenters. The summed E-state index contributed by atoms with van der Waals surface area (Å²) in [7, 11) is 0. The number of hydrogen-bond acceptors (Lipinski definition) is 7. The number of benzene rings is 2. The third-order valence-electron chi connectivity index (χ3n) is 4.92. The van der Waals surface area contributed by atoms with Crippen LogP contribution in [0.3, 0.4) is 0 Å². The molecule has 0 fully saturated rings. The molecule has 1 atom stereocenters. The molecule has 170 valence electrons. The zero-order valence-electron chi connectivity index (χ0n) is 18.0. The predicted molar refractivity (Wildman–Crippen MR) is 121 cm³/mol. The topological polar surface area (TPSA) is 104 Å². The number of aliphatic hydroxyl groups excluding tert-OH is 2. The number of rotatable bonds is 13. The number of hydrogen-bond donors (Lipinski definition) is 4. The summed E-state index contributed by atoms with van der Waals surface area (Å²) in [5.74, 6) is 0.724. The molecule has 1 heterocycles. The summed E-state index contributed by atoms with van der Waals surface area (Å²) in [5.41, 5.74) is 2.87. The molecule has 1 aromatic heterocycles. The second kappa shape index (κ2) is 12.8. The minimum atomic E-state index is -0.819. The van der Waals surface area contributed by atoms with Crippen molar-refractivity contribution in [1.29, 1.82) is 0 Å². The minimum absolute atomic E-state index is 0.0801. The fourth-order valence-corrected chi connectivity index (χ4v) is 3.12. The van der Waals surface area contributed by atoms with Gasteiger partial charge in [-0.3, -0.25) is 0 Å². The van der Waals surface area contributed by atoms with E-state index in [9.17, 15) is 10.2 Å². The average Bonchev–Trinajstić information content (AvgIpc) is 2.83. The Morgan fingerprint density at radius 3 is 2.44 bits per heavy atom. The van der Waals surface area contributed by atoms with Crippen LogP contribution in [0.5, 0.6) is 11.5 Å². The first-order valence-corrected chi connectivity index (χ1v) is 10.7. The Labute approximate surface area is 188 Å². The van der Waals surface area contributed by atoms with Crippen molar-refractivity contribution in [3.8, 4) is 11.5 Å². The van der Waals surface area contributed by atoms with Crippen LogP contribution >= 0.6 is 0 Å². The Morgan fingerprint density at radius 2 is 1.69 bits per heavy atom. The lowest BCUT2D eigenvalue weighted by Crippen LogP contribution is -2.24. The normalized spacial score (nSPS) is 11.9. The first kappa shape index (κ1) is 23.7. The Kier molecular flexibility index (Phi) is 9.46. The predicted octanol–water partition coefficient (Wildman–Crippen LogP) is 2.74. The highest BCUT2D eigenvalue weighted by molar-refractivity contribution is 5.28. The zero-order valence-corrected chi connectivity index (χ0v) is 18.0. The number of ether oxygens (including phenoxy) is 2. The molecule has 3 aromatic rings. The highest BCUT2D eigenvalue weighted by Gasteiger charge is 2.11. The van der Waals surface area contributed by atoms with E-state index >= 15 is 0 Å². The van der Waals surface area contributed by atoms with Crippen molar-refractivity contribution in [1.82, 2.24) is 10.3 Å². The van der Waals surface area contributed by atoms with Gasteiger partial charge in [-0.2, -0.15) is 0 Å². The lowest BCUT2D eigenvalue weighted by Gasteiger charge is -2.13. The monoisotopic (exact) mass is 438 g/mol. The number of aromatic hydroxyl groups is 1. The van der Waals surface area contributed by atoms with Gasteiger partial charge in [-0.1, -0.05) is 42.5 Å². The number of aromatic nitrogens is 1. The maximum atomic E-state index is 10.2. The van der Waals surface area contributed by atoms with Crippen LogP contribution in [0, 0.1) is 0 Å². The highest BCUT2D eigenvalue weighted by atomic mass is 16.5. The van der Waals surface area contributed by atoms with E-state index in [1.54, 1.807) is 6.07 Å². The van der Waals surface area contributed by atoms with Crippen molar-refractivity contribution >= 4 is 0 Å². The first-order chi connectivity index (χ1) is 15.7.